The molecule has 1 aliphatic heterocycles. The van der Waals surface area contributed by atoms with Crippen LogP contribution >= 0.6 is 0 Å². The van der Waals surface area contributed by atoms with E-state index in [1.54, 1.807) is 0 Å². The lowest BCUT2D eigenvalue weighted by Gasteiger charge is -2.09. The maximum absolute atomic E-state index is 4.57. The van der Waals surface area contributed by atoms with Crippen LogP contribution < -0.4 is 5.32 Å². The van der Waals surface area contributed by atoms with Gasteiger partial charge in [0.05, 0.1) is 11.5 Å². The highest BCUT2D eigenvalue weighted by molar-refractivity contribution is 5.82. The molecule has 0 bridgehead atoms. The van der Waals surface area contributed by atoms with E-state index in [-0.39, 0.29) is 0 Å². The average Bonchev–Trinajstić information content (AvgIpc) is 2.57. The van der Waals surface area contributed by atoms with Crippen LogP contribution in [0, 0.1) is 13.8 Å². The zero-order valence-corrected chi connectivity index (χ0v) is 11.6. The van der Waals surface area contributed by atoms with E-state index in [2.05, 4.69) is 33.1 Å². The molecule has 0 saturated heterocycles. The van der Waals surface area contributed by atoms with Crippen molar-refractivity contribution >= 4 is 5.84 Å². The van der Waals surface area contributed by atoms with Crippen LogP contribution in [0.4, 0.5) is 0 Å². The van der Waals surface area contributed by atoms with Crippen LogP contribution in [0.5, 0.6) is 0 Å². The third kappa shape index (κ3) is 3.86. The number of aromatic nitrogens is 2. The lowest BCUT2D eigenvalue weighted by atomic mass is 10.2. The second kappa shape index (κ2) is 6.57. The molecule has 1 aromatic heterocycles. The number of aliphatic imine (C=N–C) groups is 1. The molecule has 4 heteroatoms. The van der Waals surface area contributed by atoms with E-state index in [9.17, 15) is 0 Å². The van der Waals surface area contributed by atoms with E-state index >= 15 is 0 Å². The van der Waals surface area contributed by atoms with Crippen LogP contribution in [0.3, 0.4) is 0 Å². The van der Waals surface area contributed by atoms with Crippen molar-refractivity contribution in [2.45, 2.75) is 52.5 Å². The summed E-state index contributed by atoms with van der Waals surface area (Å²) in [5, 5.41) is 7.94. The number of amidine groups is 1. The topological polar surface area (TPSA) is 42.2 Å². The molecule has 0 amide bonds. The predicted molar refractivity (Wildman–Crippen MR) is 75.1 cm³/mol. The van der Waals surface area contributed by atoms with Crippen LogP contribution in [0.2, 0.25) is 0 Å². The first kappa shape index (κ1) is 13.1. The number of hydrogen-bond donors (Lipinski definition) is 1. The van der Waals surface area contributed by atoms with Crippen molar-refractivity contribution in [3.05, 3.63) is 17.5 Å². The summed E-state index contributed by atoms with van der Waals surface area (Å²) in [7, 11) is 0. The standard InChI is InChI=1S/C14H24N4/c1-12-11-13(2)18(17-12)10-6-9-16-14-7-4-3-5-8-15-14/h11H,3-10H2,1-2H3,(H,15,16). The summed E-state index contributed by atoms with van der Waals surface area (Å²) in [6.07, 6.45) is 6.07. The SMILES string of the molecule is Cc1cc(C)n(CCCNC2=NCCCCC2)n1. The molecule has 0 radical (unpaired) electrons. The molecule has 2 rings (SSSR count). The van der Waals surface area contributed by atoms with Crippen LogP contribution in [0.25, 0.3) is 0 Å². The van der Waals surface area contributed by atoms with E-state index < -0.39 is 0 Å². The van der Waals surface area contributed by atoms with Gasteiger partial charge >= 0.3 is 0 Å². The Hall–Kier alpha value is -1.32. The lowest BCUT2D eigenvalue weighted by Crippen LogP contribution is -2.25. The van der Waals surface area contributed by atoms with Crippen molar-refractivity contribution in [3.63, 3.8) is 0 Å². The van der Waals surface area contributed by atoms with Gasteiger partial charge in [-0.3, -0.25) is 9.67 Å². The molecule has 0 fully saturated rings. The zero-order chi connectivity index (χ0) is 12.8. The molecule has 0 saturated carbocycles. The minimum absolute atomic E-state index is 0.986. The highest BCUT2D eigenvalue weighted by Gasteiger charge is 2.04. The second-order valence-corrected chi connectivity index (χ2v) is 5.07. The summed E-state index contributed by atoms with van der Waals surface area (Å²) in [6.45, 7) is 7.14. The van der Waals surface area contributed by atoms with Crippen molar-refractivity contribution in [1.82, 2.24) is 15.1 Å². The van der Waals surface area contributed by atoms with Crippen molar-refractivity contribution in [3.8, 4) is 0 Å². The van der Waals surface area contributed by atoms with Crippen LogP contribution in [-0.4, -0.2) is 28.7 Å². The highest BCUT2D eigenvalue weighted by Crippen LogP contribution is 2.06. The Kier molecular flexibility index (Phi) is 4.79. The Morgan fingerprint density at radius 1 is 1.28 bits per heavy atom. The Morgan fingerprint density at radius 3 is 2.94 bits per heavy atom. The van der Waals surface area contributed by atoms with Gasteiger partial charge in [-0.1, -0.05) is 6.42 Å². The number of aryl methyl sites for hydroxylation is 3. The van der Waals surface area contributed by atoms with Gasteiger partial charge in [0.1, 0.15) is 0 Å². The Balaban J connectivity index is 1.69. The third-order valence-electron chi connectivity index (χ3n) is 3.35. The quantitative estimate of drug-likeness (QED) is 0.832. The molecule has 1 aliphatic rings. The maximum Gasteiger partial charge on any atom is 0.0963 e. The van der Waals surface area contributed by atoms with Crippen LogP contribution in [0.15, 0.2) is 11.1 Å². The minimum Gasteiger partial charge on any atom is -0.374 e. The summed E-state index contributed by atoms with van der Waals surface area (Å²) < 4.78 is 2.09. The molecular weight excluding hydrogens is 224 g/mol. The van der Waals surface area contributed by atoms with Gasteiger partial charge in [-0.15, -0.1) is 0 Å². The smallest absolute Gasteiger partial charge is 0.0963 e. The summed E-state index contributed by atoms with van der Waals surface area (Å²) in [4.78, 5) is 4.57. The fraction of sp³-hybridized carbons (Fsp3) is 0.714. The number of rotatable bonds is 4. The fourth-order valence-corrected chi connectivity index (χ4v) is 2.38. The normalized spacial score (nSPS) is 16.2. The lowest BCUT2D eigenvalue weighted by molar-refractivity contribution is 0.556. The molecule has 0 aromatic carbocycles. The van der Waals surface area contributed by atoms with E-state index in [0.717, 1.165) is 38.2 Å². The average molecular weight is 248 g/mol. The van der Waals surface area contributed by atoms with Gasteiger partial charge in [0, 0.05) is 31.7 Å². The Labute approximate surface area is 109 Å². The fourth-order valence-electron chi connectivity index (χ4n) is 2.38. The second-order valence-electron chi connectivity index (χ2n) is 5.07. The zero-order valence-electron chi connectivity index (χ0n) is 11.6. The van der Waals surface area contributed by atoms with Gasteiger partial charge in [0.15, 0.2) is 0 Å². The van der Waals surface area contributed by atoms with Gasteiger partial charge in [-0.05, 0) is 39.2 Å². The highest BCUT2D eigenvalue weighted by atomic mass is 15.3. The molecule has 4 nitrogen and oxygen atoms in total. The monoisotopic (exact) mass is 248 g/mol. The molecule has 0 unspecified atom stereocenters. The molecular formula is C14H24N4. The summed E-state index contributed by atoms with van der Waals surface area (Å²) >= 11 is 0. The predicted octanol–water partition coefficient (Wildman–Crippen LogP) is 2.45. The largest absolute Gasteiger partial charge is 0.374 e. The first-order valence-corrected chi connectivity index (χ1v) is 7.04. The van der Waals surface area contributed by atoms with Gasteiger partial charge in [0.25, 0.3) is 0 Å². The summed E-state index contributed by atoms with van der Waals surface area (Å²) in [5.41, 5.74) is 2.35. The minimum atomic E-state index is 0.986. The van der Waals surface area contributed by atoms with Gasteiger partial charge in [0.2, 0.25) is 0 Å². The van der Waals surface area contributed by atoms with Gasteiger partial charge in [-0.2, -0.15) is 5.10 Å². The van der Waals surface area contributed by atoms with E-state index in [1.165, 1.54) is 30.8 Å². The summed E-state index contributed by atoms with van der Waals surface area (Å²) in [6, 6.07) is 2.13. The first-order chi connectivity index (χ1) is 8.75. The number of nitrogens with one attached hydrogen (secondary N) is 1. The van der Waals surface area contributed by atoms with E-state index in [0.29, 0.717) is 0 Å². The molecule has 2 heterocycles. The Bertz CT molecular complexity index is 406. The molecule has 0 atom stereocenters. The van der Waals surface area contributed by atoms with E-state index in [1.807, 2.05) is 6.92 Å². The van der Waals surface area contributed by atoms with E-state index in [4.69, 9.17) is 0 Å². The Morgan fingerprint density at radius 2 is 2.17 bits per heavy atom. The molecule has 18 heavy (non-hydrogen) atoms. The van der Waals surface area contributed by atoms with Gasteiger partial charge < -0.3 is 5.32 Å². The van der Waals surface area contributed by atoms with Crippen LogP contribution in [0.1, 0.15) is 43.5 Å². The third-order valence-corrected chi connectivity index (χ3v) is 3.35. The number of hydrogen-bond acceptors (Lipinski definition) is 3. The maximum atomic E-state index is 4.57. The van der Waals surface area contributed by atoms with Crippen LogP contribution in [-0.2, 0) is 6.54 Å². The van der Waals surface area contributed by atoms with Crippen molar-refractivity contribution in [1.29, 1.82) is 0 Å². The van der Waals surface area contributed by atoms with Crippen molar-refractivity contribution in [2.75, 3.05) is 13.1 Å². The van der Waals surface area contributed by atoms with Crippen molar-refractivity contribution < 1.29 is 0 Å². The molecule has 0 aliphatic carbocycles. The molecule has 1 aromatic rings. The first-order valence-electron chi connectivity index (χ1n) is 7.04. The molecule has 0 spiro atoms. The molecule has 1 N–H and O–H groups in total. The van der Waals surface area contributed by atoms with Crippen molar-refractivity contribution in [2.24, 2.45) is 4.99 Å². The number of nitrogens with zero attached hydrogens (tertiary/aromatic N) is 3. The molecule has 100 valence electrons. The van der Waals surface area contributed by atoms with Gasteiger partial charge in [-0.25, -0.2) is 0 Å². The summed E-state index contributed by atoms with van der Waals surface area (Å²) in [5.74, 6) is 1.21.